The zero-order chi connectivity index (χ0) is 15.3. The van der Waals surface area contributed by atoms with E-state index in [0.29, 0.717) is 0 Å². The number of aromatic nitrogens is 3. The minimum absolute atomic E-state index is 0.135. The smallest absolute Gasteiger partial charge is 0.187 e. The van der Waals surface area contributed by atoms with Crippen LogP contribution in [-0.4, -0.2) is 14.2 Å². The summed E-state index contributed by atoms with van der Waals surface area (Å²) in [5.74, 6) is 0.222. The maximum atomic E-state index is 12.9. The Morgan fingerprint density at radius 3 is 2.30 bits per heavy atom. The van der Waals surface area contributed by atoms with E-state index in [-0.39, 0.29) is 18.3 Å². The Balaban J connectivity index is 0.000000956. The van der Waals surface area contributed by atoms with Crippen molar-refractivity contribution < 1.29 is 3.89 Å². The number of halogens is 1. The van der Waals surface area contributed by atoms with E-state index in [9.17, 15) is 3.89 Å². The van der Waals surface area contributed by atoms with Gasteiger partial charge in [-0.25, -0.2) is 0 Å². The molecule has 0 aliphatic heterocycles. The number of rotatable bonds is 3. The second kappa shape index (κ2) is 7.43. The van der Waals surface area contributed by atoms with Gasteiger partial charge >= 0.3 is 0 Å². The Morgan fingerprint density at radius 1 is 1.20 bits per heavy atom. The second-order valence-corrected chi connectivity index (χ2v) is 5.10. The van der Waals surface area contributed by atoms with Crippen LogP contribution in [0.4, 0.5) is 3.89 Å². The van der Waals surface area contributed by atoms with E-state index >= 15 is 0 Å². The summed E-state index contributed by atoms with van der Waals surface area (Å²) in [4.78, 5) is 4.44. The molecule has 0 aromatic carbocycles. The molecule has 0 saturated carbocycles. The van der Waals surface area contributed by atoms with Gasteiger partial charge in [-0.1, -0.05) is 33.8 Å². The standard InChI is InChI=1S/C13H16FN3S.C2H6/c1-8(2)13-10(4)12(16-17(13)18-14)11-7-5-6-9(3)15-11;1-2/h5-8H,1-4H3;1-2H3. The van der Waals surface area contributed by atoms with Gasteiger partial charge < -0.3 is 0 Å². The fourth-order valence-electron chi connectivity index (χ4n) is 2.11. The van der Waals surface area contributed by atoms with Gasteiger partial charge in [0.25, 0.3) is 0 Å². The van der Waals surface area contributed by atoms with Crippen LogP contribution < -0.4 is 0 Å². The van der Waals surface area contributed by atoms with Gasteiger partial charge in [0.1, 0.15) is 5.69 Å². The molecule has 0 saturated heterocycles. The van der Waals surface area contributed by atoms with Crippen molar-refractivity contribution in [2.45, 2.75) is 47.5 Å². The van der Waals surface area contributed by atoms with Crippen LogP contribution in [0.15, 0.2) is 18.2 Å². The molecule has 3 nitrogen and oxygen atoms in total. The molecule has 20 heavy (non-hydrogen) atoms. The van der Waals surface area contributed by atoms with Crippen molar-refractivity contribution in [1.29, 1.82) is 0 Å². The van der Waals surface area contributed by atoms with Crippen LogP contribution in [-0.2, 0) is 0 Å². The maximum Gasteiger partial charge on any atom is 0.187 e. The number of hydrogen-bond acceptors (Lipinski definition) is 3. The van der Waals surface area contributed by atoms with Gasteiger partial charge in [-0.3, -0.25) is 4.98 Å². The third kappa shape index (κ3) is 3.39. The van der Waals surface area contributed by atoms with Crippen molar-refractivity contribution in [2.75, 3.05) is 0 Å². The van der Waals surface area contributed by atoms with Crippen LogP contribution in [0.3, 0.4) is 0 Å². The van der Waals surface area contributed by atoms with Crippen LogP contribution in [0.2, 0.25) is 0 Å². The molecular weight excluding hydrogens is 273 g/mol. The highest BCUT2D eigenvalue weighted by Gasteiger charge is 2.19. The van der Waals surface area contributed by atoms with Crippen molar-refractivity contribution in [3.8, 4) is 11.4 Å². The molecule has 2 rings (SSSR count). The Morgan fingerprint density at radius 2 is 1.85 bits per heavy atom. The maximum absolute atomic E-state index is 12.9. The topological polar surface area (TPSA) is 30.7 Å². The molecule has 5 heteroatoms. The number of hydrogen-bond donors (Lipinski definition) is 0. The summed E-state index contributed by atoms with van der Waals surface area (Å²) in [5, 5.41) is 4.30. The molecule has 2 aromatic heterocycles. The Hall–Kier alpha value is -1.36. The van der Waals surface area contributed by atoms with Gasteiger partial charge in [0, 0.05) is 11.3 Å². The predicted octanol–water partition coefficient (Wildman–Crippen LogP) is 5.09. The fraction of sp³-hybridized carbons (Fsp3) is 0.467. The van der Waals surface area contributed by atoms with Crippen molar-refractivity contribution in [3.63, 3.8) is 0 Å². The monoisotopic (exact) mass is 295 g/mol. The van der Waals surface area contributed by atoms with Crippen molar-refractivity contribution in [1.82, 2.24) is 14.2 Å². The van der Waals surface area contributed by atoms with Crippen LogP contribution in [0.25, 0.3) is 11.4 Å². The Bertz CT molecular complexity index is 564. The highest BCUT2D eigenvalue weighted by atomic mass is 32.2. The summed E-state index contributed by atoms with van der Waals surface area (Å²) in [6.07, 6.45) is 0. The first-order valence-electron chi connectivity index (χ1n) is 6.87. The first-order chi connectivity index (χ1) is 9.54. The van der Waals surface area contributed by atoms with Crippen molar-refractivity contribution >= 4 is 12.3 Å². The number of aryl methyl sites for hydroxylation is 1. The average Bonchev–Trinajstić information content (AvgIpc) is 2.78. The summed E-state index contributed by atoms with van der Waals surface area (Å²) in [5.41, 5.74) is 4.38. The number of pyridine rings is 1. The van der Waals surface area contributed by atoms with Gasteiger partial charge in [0.15, 0.2) is 12.3 Å². The third-order valence-electron chi connectivity index (χ3n) is 2.88. The molecule has 0 fully saturated rings. The normalized spacial score (nSPS) is 10.4. The van der Waals surface area contributed by atoms with Gasteiger partial charge in [-0.05, 0) is 31.9 Å². The molecule has 0 aliphatic carbocycles. The number of nitrogens with zero attached hydrogens (tertiary/aromatic N) is 3. The fourth-order valence-corrected chi connectivity index (χ4v) is 2.64. The van der Waals surface area contributed by atoms with Crippen LogP contribution >= 0.6 is 12.3 Å². The lowest BCUT2D eigenvalue weighted by atomic mass is 10.0. The molecule has 0 amide bonds. The molecule has 2 aromatic rings. The minimum Gasteiger partial charge on any atom is -0.251 e. The molecule has 0 atom stereocenters. The molecule has 0 bridgehead atoms. The van der Waals surface area contributed by atoms with Gasteiger partial charge in [-0.2, -0.15) is 9.19 Å². The SMILES string of the molecule is CC.Cc1cccc(-c2nn(SF)c(C(C)C)c2C)n1. The van der Waals surface area contributed by atoms with E-state index in [4.69, 9.17) is 0 Å². The van der Waals surface area contributed by atoms with Gasteiger partial charge in [-0.15, -0.1) is 3.89 Å². The lowest BCUT2D eigenvalue weighted by Crippen LogP contribution is -1.98. The molecule has 0 unspecified atom stereocenters. The van der Waals surface area contributed by atoms with E-state index in [0.717, 1.165) is 28.3 Å². The molecule has 0 radical (unpaired) electrons. The van der Waals surface area contributed by atoms with Crippen LogP contribution in [0.1, 0.15) is 50.6 Å². The Kier molecular flexibility index (Phi) is 6.20. The average molecular weight is 295 g/mol. The molecule has 0 spiro atoms. The van der Waals surface area contributed by atoms with Crippen LogP contribution in [0, 0.1) is 13.8 Å². The van der Waals surface area contributed by atoms with E-state index in [1.807, 2.05) is 59.7 Å². The van der Waals surface area contributed by atoms with Crippen molar-refractivity contribution in [2.24, 2.45) is 0 Å². The first-order valence-corrected chi connectivity index (χ1v) is 7.54. The van der Waals surface area contributed by atoms with Gasteiger partial charge in [0.05, 0.1) is 11.4 Å². The van der Waals surface area contributed by atoms with Gasteiger partial charge in [0.2, 0.25) is 0 Å². The Labute approximate surface area is 125 Å². The largest absolute Gasteiger partial charge is 0.251 e. The summed E-state index contributed by atoms with van der Waals surface area (Å²) in [6, 6.07) is 5.77. The molecule has 0 aliphatic rings. The summed E-state index contributed by atoms with van der Waals surface area (Å²) < 4.78 is 14.3. The third-order valence-corrected chi connectivity index (χ3v) is 3.29. The van der Waals surface area contributed by atoms with E-state index in [1.54, 1.807) is 0 Å². The van der Waals surface area contributed by atoms with E-state index in [1.165, 1.54) is 4.09 Å². The molecular formula is C15H22FN3S. The van der Waals surface area contributed by atoms with Crippen molar-refractivity contribution in [3.05, 3.63) is 35.2 Å². The molecule has 2 heterocycles. The molecule has 0 N–H and O–H groups in total. The first kappa shape index (κ1) is 16.7. The molecule has 110 valence electrons. The predicted molar refractivity (Wildman–Crippen MR) is 84.5 cm³/mol. The summed E-state index contributed by atoms with van der Waals surface area (Å²) in [7, 11) is 0. The van der Waals surface area contributed by atoms with E-state index in [2.05, 4.69) is 10.1 Å². The summed E-state index contributed by atoms with van der Waals surface area (Å²) in [6.45, 7) is 12.0. The quantitative estimate of drug-likeness (QED) is 0.790. The van der Waals surface area contributed by atoms with Crippen LogP contribution in [0.5, 0.6) is 0 Å². The summed E-state index contributed by atoms with van der Waals surface area (Å²) >= 11 is 0.135. The lowest BCUT2D eigenvalue weighted by molar-refractivity contribution is 0.763. The van der Waals surface area contributed by atoms with E-state index < -0.39 is 0 Å². The highest BCUT2D eigenvalue weighted by molar-refractivity contribution is 7.92. The zero-order valence-corrected chi connectivity index (χ0v) is 13.8. The minimum atomic E-state index is 0.135. The second-order valence-electron chi connectivity index (χ2n) is 4.62. The highest BCUT2D eigenvalue weighted by Crippen LogP contribution is 2.30. The zero-order valence-electron chi connectivity index (χ0n) is 12.9. The lowest BCUT2D eigenvalue weighted by Gasteiger charge is -2.06.